The second-order valence-corrected chi connectivity index (χ2v) is 5.71. The van der Waals surface area contributed by atoms with Crippen LogP contribution in [0.5, 0.6) is 0 Å². The molecule has 0 radical (unpaired) electrons. The van der Waals surface area contributed by atoms with Crippen molar-refractivity contribution in [1.29, 1.82) is 0 Å². The molecule has 122 valence electrons. The number of pyridine rings is 1. The van der Waals surface area contributed by atoms with Crippen LogP contribution in [0.25, 0.3) is 0 Å². The van der Waals surface area contributed by atoms with Crippen LogP contribution in [0, 0.1) is 0 Å². The van der Waals surface area contributed by atoms with Crippen molar-refractivity contribution in [3.63, 3.8) is 0 Å². The van der Waals surface area contributed by atoms with Crippen LogP contribution < -0.4 is 5.32 Å². The van der Waals surface area contributed by atoms with Gasteiger partial charge in [-0.15, -0.1) is 0 Å². The first kappa shape index (κ1) is 16.4. The smallest absolute Gasteiger partial charge is 0.227 e. The number of anilines is 2. The van der Waals surface area contributed by atoms with E-state index in [0.29, 0.717) is 24.0 Å². The number of ether oxygens (including phenoxy) is 1. The SMILES string of the molecule is COCc1cc(Cc2ccnc(Nc3cccc(Cl)c3)n2)ccn1. The molecule has 6 heteroatoms. The van der Waals surface area contributed by atoms with Crippen LogP contribution in [0.1, 0.15) is 17.0 Å². The quantitative estimate of drug-likeness (QED) is 0.734. The first-order valence-corrected chi connectivity index (χ1v) is 7.88. The Hall–Kier alpha value is -2.50. The summed E-state index contributed by atoms with van der Waals surface area (Å²) in [7, 11) is 1.66. The van der Waals surface area contributed by atoms with Gasteiger partial charge in [0.15, 0.2) is 0 Å². The van der Waals surface area contributed by atoms with Crippen molar-refractivity contribution in [3.05, 3.63) is 76.8 Å². The molecule has 5 nitrogen and oxygen atoms in total. The van der Waals surface area contributed by atoms with Gasteiger partial charge in [-0.1, -0.05) is 17.7 Å². The van der Waals surface area contributed by atoms with Crippen molar-refractivity contribution in [3.8, 4) is 0 Å². The molecule has 0 fully saturated rings. The number of hydrogen-bond acceptors (Lipinski definition) is 5. The number of benzene rings is 1. The molecule has 0 bridgehead atoms. The maximum atomic E-state index is 5.99. The number of hydrogen-bond donors (Lipinski definition) is 1. The van der Waals surface area contributed by atoms with Crippen LogP contribution in [-0.2, 0) is 17.8 Å². The van der Waals surface area contributed by atoms with E-state index >= 15 is 0 Å². The predicted molar refractivity (Wildman–Crippen MR) is 94.5 cm³/mol. The normalized spacial score (nSPS) is 10.6. The predicted octanol–water partition coefficient (Wildman–Crippen LogP) is 4.01. The lowest BCUT2D eigenvalue weighted by Crippen LogP contribution is -2.01. The second kappa shape index (κ2) is 7.86. The molecule has 0 saturated heterocycles. The summed E-state index contributed by atoms with van der Waals surface area (Å²) in [5.41, 5.74) is 3.81. The van der Waals surface area contributed by atoms with Crippen LogP contribution >= 0.6 is 11.6 Å². The van der Waals surface area contributed by atoms with Crippen molar-refractivity contribution in [1.82, 2.24) is 15.0 Å². The fourth-order valence-corrected chi connectivity index (χ4v) is 2.51. The first-order valence-electron chi connectivity index (χ1n) is 7.50. The van der Waals surface area contributed by atoms with E-state index in [-0.39, 0.29) is 0 Å². The Balaban J connectivity index is 1.74. The Bertz CT molecular complexity index is 825. The summed E-state index contributed by atoms with van der Waals surface area (Å²) in [6.45, 7) is 0.499. The van der Waals surface area contributed by atoms with E-state index in [1.54, 1.807) is 19.5 Å². The summed E-state index contributed by atoms with van der Waals surface area (Å²) in [5.74, 6) is 0.543. The molecule has 2 heterocycles. The van der Waals surface area contributed by atoms with E-state index in [1.165, 1.54) is 0 Å². The van der Waals surface area contributed by atoms with Crippen molar-refractivity contribution in [2.24, 2.45) is 0 Å². The molecule has 3 rings (SSSR count). The third-order valence-electron chi connectivity index (χ3n) is 3.35. The average molecular weight is 341 g/mol. The zero-order valence-electron chi connectivity index (χ0n) is 13.2. The minimum atomic E-state index is 0.499. The summed E-state index contributed by atoms with van der Waals surface area (Å²) in [6.07, 6.45) is 4.23. The third-order valence-corrected chi connectivity index (χ3v) is 3.59. The molecule has 24 heavy (non-hydrogen) atoms. The van der Waals surface area contributed by atoms with Crippen LogP contribution in [0.4, 0.5) is 11.6 Å². The molecule has 0 aliphatic carbocycles. The fraction of sp³-hybridized carbons (Fsp3) is 0.167. The zero-order chi connectivity index (χ0) is 16.8. The Labute approximate surface area is 145 Å². The van der Waals surface area contributed by atoms with Crippen molar-refractivity contribution in [2.75, 3.05) is 12.4 Å². The van der Waals surface area contributed by atoms with Crippen molar-refractivity contribution in [2.45, 2.75) is 13.0 Å². The highest BCUT2D eigenvalue weighted by atomic mass is 35.5. The third kappa shape index (κ3) is 4.50. The van der Waals surface area contributed by atoms with Crippen LogP contribution in [-0.4, -0.2) is 22.1 Å². The maximum absolute atomic E-state index is 5.99. The minimum absolute atomic E-state index is 0.499. The maximum Gasteiger partial charge on any atom is 0.227 e. The molecule has 0 saturated carbocycles. The topological polar surface area (TPSA) is 59.9 Å². The van der Waals surface area contributed by atoms with Crippen LogP contribution in [0.15, 0.2) is 54.9 Å². The van der Waals surface area contributed by atoms with Crippen molar-refractivity contribution < 1.29 is 4.74 Å². The number of halogens is 1. The van der Waals surface area contributed by atoms with E-state index in [4.69, 9.17) is 16.3 Å². The summed E-state index contributed by atoms with van der Waals surface area (Å²) < 4.78 is 5.12. The van der Waals surface area contributed by atoms with Crippen molar-refractivity contribution >= 4 is 23.2 Å². The highest BCUT2D eigenvalue weighted by Crippen LogP contribution is 2.18. The Morgan fingerprint density at radius 2 is 1.92 bits per heavy atom. The Morgan fingerprint density at radius 1 is 1.04 bits per heavy atom. The fourth-order valence-electron chi connectivity index (χ4n) is 2.32. The summed E-state index contributed by atoms with van der Waals surface area (Å²) in [4.78, 5) is 13.1. The summed E-state index contributed by atoms with van der Waals surface area (Å²) in [6, 6.07) is 13.4. The molecule has 0 atom stereocenters. The molecule has 0 spiro atoms. The van der Waals surface area contributed by atoms with Gasteiger partial charge >= 0.3 is 0 Å². The molecule has 3 aromatic rings. The highest BCUT2D eigenvalue weighted by molar-refractivity contribution is 6.30. The summed E-state index contributed by atoms with van der Waals surface area (Å²) >= 11 is 5.99. The second-order valence-electron chi connectivity index (χ2n) is 5.27. The minimum Gasteiger partial charge on any atom is -0.378 e. The van der Waals surface area contributed by atoms with Gasteiger partial charge in [0.05, 0.1) is 18.0 Å². The molecular weight excluding hydrogens is 324 g/mol. The molecular formula is C18H17ClN4O. The number of rotatable bonds is 6. The molecule has 1 aromatic carbocycles. The van der Waals surface area contributed by atoms with Crippen LogP contribution in [0.3, 0.4) is 0 Å². The van der Waals surface area contributed by atoms with Gasteiger partial charge in [0.25, 0.3) is 0 Å². The molecule has 0 aliphatic heterocycles. The lowest BCUT2D eigenvalue weighted by molar-refractivity contribution is 0.181. The van der Waals surface area contributed by atoms with Gasteiger partial charge in [0.2, 0.25) is 5.95 Å². The lowest BCUT2D eigenvalue weighted by atomic mass is 10.1. The standard InChI is InChI=1S/C18H17ClN4O/c1-24-12-17-10-13(5-7-20-17)9-16-6-8-21-18(23-16)22-15-4-2-3-14(19)11-15/h2-8,10-11H,9,12H2,1H3,(H,21,22,23). The van der Waals surface area contributed by atoms with Gasteiger partial charge in [-0.25, -0.2) is 9.97 Å². The molecule has 0 amide bonds. The first-order chi connectivity index (χ1) is 11.7. The number of aromatic nitrogens is 3. The lowest BCUT2D eigenvalue weighted by Gasteiger charge is -2.07. The van der Waals surface area contributed by atoms with Gasteiger partial charge in [-0.05, 0) is 42.0 Å². The molecule has 2 aromatic heterocycles. The van der Waals surface area contributed by atoms with Gasteiger partial charge in [0.1, 0.15) is 0 Å². The Morgan fingerprint density at radius 3 is 2.75 bits per heavy atom. The van der Waals surface area contributed by atoms with E-state index in [0.717, 1.165) is 22.6 Å². The van der Waals surface area contributed by atoms with E-state index < -0.39 is 0 Å². The monoisotopic (exact) mass is 340 g/mol. The number of nitrogens with one attached hydrogen (secondary N) is 1. The number of methoxy groups -OCH3 is 1. The van der Waals surface area contributed by atoms with Crippen LogP contribution in [0.2, 0.25) is 5.02 Å². The molecule has 1 N–H and O–H groups in total. The van der Waals surface area contributed by atoms with Gasteiger partial charge in [0, 0.05) is 36.6 Å². The average Bonchev–Trinajstić information content (AvgIpc) is 2.56. The summed E-state index contributed by atoms with van der Waals surface area (Å²) in [5, 5.41) is 3.83. The van der Waals surface area contributed by atoms with Gasteiger partial charge in [-0.2, -0.15) is 0 Å². The van der Waals surface area contributed by atoms with E-state index in [1.807, 2.05) is 42.5 Å². The Kier molecular flexibility index (Phi) is 5.36. The molecule has 0 aliphatic rings. The zero-order valence-corrected chi connectivity index (χ0v) is 14.0. The van der Waals surface area contributed by atoms with Gasteiger partial charge in [-0.3, -0.25) is 4.98 Å². The molecule has 0 unspecified atom stereocenters. The van der Waals surface area contributed by atoms with E-state index in [9.17, 15) is 0 Å². The van der Waals surface area contributed by atoms with E-state index in [2.05, 4.69) is 20.3 Å². The van der Waals surface area contributed by atoms with Gasteiger partial charge < -0.3 is 10.1 Å². The largest absolute Gasteiger partial charge is 0.378 e. The number of nitrogens with zero attached hydrogens (tertiary/aromatic N) is 3. The highest BCUT2D eigenvalue weighted by Gasteiger charge is 2.04.